The van der Waals surface area contributed by atoms with Gasteiger partial charge >= 0.3 is 12.0 Å². The lowest BCUT2D eigenvalue weighted by molar-refractivity contribution is -0.137. The number of amides is 2. The summed E-state index contributed by atoms with van der Waals surface area (Å²) in [5, 5.41) is 11.3. The molecule has 0 saturated carbocycles. The molecular formula is C11H20N2O4. The molecule has 0 aromatic heterocycles. The van der Waals surface area contributed by atoms with Gasteiger partial charge in [0, 0.05) is 19.7 Å². The Morgan fingerprint density at radius 3 is 2.76 bits per heavy atom. The van der Waals surface area contributed by atoms with Crippen LogP contribution in [0.4, 0.5) is 4.79 Å². The van der Waals surface area contributed by atoms with E-state index in [0.29, 0.717) is 13.1 Å². The van der Waals surface area contributed by atoms with E-state index in [1.54, 1.807) is 6.92 Å². The van der Waals surface area contributed by atoms with E-state index in [1.807, 2.05) is 0 Å². The molecule has 0 spiro atoms. The molecule has 0 aromatic rings. The van der Waals surface area contributed by atoms with Gasteiger partial charge in [-0.2, -0.15) is 0 Å². The van der Waals surface area contributed by atoms with Crippen molar-refractivity contribution < 1.29 is 19.4 Å². The molecule has 1 aliphatic heterocycles. The van der Waals surface area contributed by atoms with Crippen molar-refractivity contribution in [1.29, 1.82) is 0 Å². The second-order valence-corrected chi connectivity index (χ2v) is 4.08. The zero-order valence-electron chi connectivity index (χ0n) is 10.1. The van der Waals surface area contributed by atoms with Crippen LogP contribution in [0.3, 0.4) is 0 Å². The van der Waals surface area contributed by atoms with E-state index in [4.69, 9.17) is 9.84 Å². The van der Waals surface area contributed by atoms with Gasteiger partial charge in [-0.25, -0.2) is 4.79 Å². The number of rotatable bonds is 5. The number of urea groups is 1. The Kier molecular flexibility index (Phi) is 5.76. The van der Waals surface area contributed by atoms with Crippen molar-refractivity contribution in [3.8, 4) is 0 Å². The number of ether oxygens (including phenoxy) is 1. The van der Waals surface area contributed by atoms with E-state index in [0.717, 1.165) is 25.9 Å². The Morgan fingerprint density at radius 1 is 1.47 bits per heavy atom. The molecule has 0 aromatic carbocycles. The highest BCUT2D eigenvalue weighted by Crippen LogP contribution is 2.11. The zero-order chi connectivity index (χ0) is 12.7. The summed E-state index contributed by atoms with van der Waals surface area (Å²) in [6, 6.07) is -0.343. The van der Waals surface area contributed by atoms with Gasteiger partial charge < -0.3 is 20.1 Å². The van der Waals surface area contributed by atoms with Crippen LogP contribution >= 0.6 is 0 Å². The zero-order valence-corrected chi connectivity index (χ0v) is 10.1. The van der Waals surface area contributed by atoms with Crippen LogP contribution in [0.5, 0.6) is 0 Å². The minimum atomic E-state index is -1.00. The highest BCUT2D eigenvalue weighted by molar-refractivity contribution is 5.80. The Labute approximate surface area is 101 Å². The molecule has 6 heteroatoms. The van der Waals surface area contributed by atoms with Crippen molar-refractivity contribution in [3.63, 3.8) is 0 Å². The first-order valence-electron chi connectivity index (χ1n) is 5.99. The van der Waals surface area contributed by atoms with Gasteiger partial charge in [0.2, 0.25) is 0 Å². The molecule has 1 unspecified atom stereocenters. The molecule has 0 radical (unpaired) electrons. The number of hydrogen-bond acceptors (Lipinski definition) is 3. The normalized spacial score (nSPS) is 19.7. The van der Waals surface area contributed by atoms with Crippen LogP contribution in [0.1, 0.15) is 26.2 Å². The molecule has 2 N–H and O–H groups in total. The van der Waals surface area contributed by atoms with E-state index in [-0.39, 0.29) is 18.7 Å². The number of nitrogens with zero attached hydrogens (tertiary/aromatic N) is 1. The minimum Gasteiger partial charge on any atom is -0.480 e. The van der Waals surface area contributed by atoms with E-state index in [9.17, 15) is 9.59 Å². The monoisotopic (exact) mass is 244 g/mol. The van der Waals surface area contributed by atoms with Crippen LogP contribution in [0, 0.1) is 0 Å². The molecule has 0 aliphatic carbocycles. The standard InChI is InChI=1S/C11H20N2O4/c1-2-13(8-10(14)15)11(16)12-7-9-5-3-4-6-17-9/h9H,2-8H2,1H3,(H,12,16)(H,14,15). The number of carbonyl (C=O) groups is 2. The summed E-state index contributed by atoms with van der Waals surface area (Å²) in [5.41, 5.74) is 0. The fourth-order valence-electron chi connectivity index (χ4n) is 1.77. The van der Waals surface area contributed by atoms with Gasteiger partial charge in [0.25, 0.3) is 0 Å². The van der Waals surface area contributed by atoms with Crippen LogP contribution in [-0.4, -0.2) is 54.4 Å². The number of likely N-dealkylation sites (N-methyl/N-ethyl adjacent to an activating group) is 1. The molecule has 6 nitrogen and oxygen atoms in total. The smallest absolute Gasteiger partial charge is 0.323 e. The average molecular weight is 244 g/mol. The number of carboxylic acids is 1. The topological polar surface area (TPSA) is 78.9 Å². The second kappa shape index (κ2) is 7.11. The van der Waals surface area contributed by atoms with Gasteiger partial charge in [-0.3, -0.25) is 4.79 Å². The predicted molar refractivity (Wildman–Crippen MR) is 61.9 cm³/mol. The highest BCUT2D eigenvalue weighted by Gasteiger charge is 2.18. The lowest BCUT2D eigenvalue weighted by Gasteiger charge is -2.25. The Bertz CT molecular complexity index is 264. The van der Waals surface area contributed by atoms with Crippen LogP contribution in [0.15, 0.2) is 0 Å². The Hall–Kier alpha value is -1.30. The molecule has 98 valence electrons. The largest absolute Gasteiger partial charge is 0.480 e. The van der Waals surface area contributed by atoms with Crippen molar-refractivity contribution in [2.75, 3.05) is 26.2 Å². The Balaban J connectivity index is 2.28. The molecule has 17 heavy (non-hydrogen) atoms. The first kappa shape index (κ1) is 13.8. The van der Waals surface area contributed by atoms with E-state index in [1.165, 1.54) is 4.90 Å². The van der Waals surface area contributed by atoms with Gasteiger partial charge in [-0.1, -0.05) is 0 Å². The maximum atomic E-state index is 11.6. The lowest BCUT2D eigenvalue weighted by atomic mass is 10.1. The molecule has 0 bridgehead atoms. The fraction of sp³-hybridized carbons (Fsp3) is 0.818. The third-order valence-electron chi connectivity index (χ3n) is 2.75. The van der Waals surface area contributed by atoms with Gasteiger partial charge in [0.05, 0.1) is 6.10 Å². The number of carboxylic acid groups (broad SMARTS) is 1. The summed E-state index contributed by atoms with van der Waals surface area (Å²) < 4.78 is 5.47. The quantitative estimate of drug-likeness (QED) is 0.745. The summed E-state index contributed by atoms with van der Waals surface area (Å²) >= 11 is 0. The third-order valence-corrected chi connectivity index (χ3v) is 2.75. The van der Waals surface area contributed by atoms with Gasteiger partial charge in [0.15, 0.2) is 0 Å². The summed E-state index contributed by atoms with van der Waals surface area (Å²) in [7, 11) is 0. The first-order chi connectivity index (χ1) is 8.13. The third kappa shape index (κ3) is 5.04. The van der Waals surface area contributed by atoms with Crippen molar-refractivity contribution in [1.82, 2.24) is 10.2 Å². The lowest BCUT2D eigenvalue weighted by Crippen LogP contribution is -2.45. The van der Waals surface area contributed by atoms with Crippen LogP contribution in [-0.2, 0) is 9.53 Å². The molecule has 1 aliphatic rings. The molecule has 1 heterocycles. The Morgan fingerprint density at radius 2 is 2.24 bits per heavy atom. The van der Waals surface area contributed by atoms with E-state index < -0.39 is 5.97 Å². The minimum absolute atomic E-state index is 0.0660. The number of nitrogens with one attached hydrogen (secondary N) is 1. The number of carbonyl (C=O) groups excluding carboxylic acids is 1. The predicted octanol–water partition coefficient (Wildman–Crippen LogP) is 0.672. The summed E-state index contributed by atoms with van der Waals surface area (Å²) in [5.74, 6) is -1.00. The molecule has 1 saturated heterocycles. The van der Waals surface area contributed by atoms with Crippen molar-refractivity contribution in [3.05, 3.63) is 0 Å². The van der Waals surface area contributed by atoms with E-state index in [2.05, 4.69) is 5.32 Å². The summed E-state index contributed by atoms with van der Waals surface area (Å²) in [6.45, 7) is 3.05. The molecule has 2 amide bonds. The van der Waals surface area contributed by atoms with Crippen molar-refractivity contribution >= 4 is 12.0 Å². The second-order valence-electron chi connectivity index (χ2n) is 4.08. The average Bonchev–Trinajstić information content (AvgIpc) is 2.34. The molecule has 1 rings (SSSR count). The maximum Gasteiger partial charge on any atom is 0.323 e. The van der Waals surface area contributed by atoms with Gasteiger partial charge in [-0.15, -0.1) is 0 Å². The molecule has 1 atom stereocenters. The first-order valence-corrected chi connectivity index (χ1v) is 5.99. The SMILES string of the molecule is CCN(CC(=O)O)C(=O)NCC1CCCCO1. The maximum absolute atomic E-state index is 11.6. The summed E-state index contributed by atoms with van der Waals surface area (Å²) in [6.07, 6.45) is 3.21. The fourth-order valence-corrected chi connectivity index (χ4v) is 1.77. The van der Waals surface area contributed by atoms with Crippen LogP contribution in [0.25, 0.3) is 0 Å². The molecule has 1 fully saturated rings. The van der Waals surface area contributed by atoms with Crippen molar-refractivity contribution in [2.45, 2.75) is 32.3 Å². The summed E-state index contributed by atoms with van der Waals surface area (Å²) in [4.78, 5) is 23.4. The highest BCUT2D eigenvalue weighted by atomic mass is 16.5. The van der Waals surface area contributed by atoms with Gasteiger partial charge in [-0.05, 0) is 26.2 Å². The van der Waals surface area contributed by atoms with Crippen LogP contribution < -0.4 is 5.32 Å². The van der Waals surface area contributed by atoms with Crippen LogP contribution in [0.2, 0.25) is 0 Å². The number of hydrogen-bond donors (Lipinski definition) is 2. The van der Waals surface area contributed by atoms with Gasteiger partial charge in [0.1, 0.15) is 6.54 Å². The molecular weight excluding hydrogens is 224 g/mol. The van der Waals surface area contributed by atoms with Crippen molar-refractivity contribution in [2.24, 2.45) is 0 Å². The number of aliphatic carboxylic acids is 1. The van der Waals surface area contributed by atoms with E-state index >= 15 is 0 Å².